The van der Waals surface area contributed by atoms with Crippen LogP contribution in [0.5, 0.6) is 0 Å². The maximum absolute atomic E-state index is 13.7. The van der Waals surface area contributed by atoms with Crippen LogP contribution in [-0.2, 0) is 9.59 Å². The summed E-state index contributed by atoms with van der Waals surface area (Å²) in [6, 6.07) is 13.3. The molecule has 5 nitrogen and oxygen atoms in total. The first kappa shape index (κ1) is 21.6. The van der Waals surface area contributed by atoms with E-state index in [2.05, 4.69) is 0 Å². The van der Waals surface area contributed by atoms with E-state index in [9.17, 15) is 14.4 Å². The summed E-state index contributed by atoms with van der Waals surface area (Å²) >= 11 is 5.97. The highest BCUT2D eigenvalue weighted by Gasteiger charge is 2.46. The second kappa shape index (κ2) is 9.23. The lowest BCUT2D eigenvalue weighted by atomic mass is 10.0. The van der Waals surface area contributed by atoms with Gasteiger partial charge in [0.25, 0.3) is 11.8 Å². The number of carbonyl (C=O) groups excluding carboxylic acids is 3. The number of rotatable bonds is 4. The number of aryl methyl sites for hydroxylation is 1. The highest BCUT2D eigenvalue weighted by atomic mass is 35.5. The number of amides is 3. The third-order valence-corrected chi connectivity index (χ3v) is 6.51. The van der Waals surface area contributed by atoms with Gasteiger partial charge >= 0.3 is 0 Å². The smallest absolute Gasteiger partial charge is 0.257 e. The summed E-state index contributed by atoms with van der Waals surface area (Å²) in [5.74, 6) is -0.787. The number of benzene rings is 2. The number of nitrogens with zero attached hydrogens (tertiary/aromatic N) is 2. The SMILES string of the molecule is Cc1cccc(C(=O)N(C2CCCCCC2)C2CC(=O)N(c3ccc(Cl)cc3)C2=O)c1. The van der Waals surface area contributed by atoms with Gasteiger partial charge in [0, 0.05) is 16.6 Å². The van der Waals surface area contributed by atoms with E-state index in [1.54, 1.807) is 35.2 Å². The van der Waals surface area contributed by atoms with E-state index < -0.39 is 6.04 Å². The molecule has 1 atom stereocenters. The fourth-order valence-electron chi connectivity index (χ4n) is 4.72. The normalized spacial score (nSPS) is 20.1. The molecule has 0 bridgehead atoms. The van der Waals surface area contributed by atoms with Crippen molar-refractivity contribution in [3.8, 4) is 0 Å². The summed E-state index contributed by atoms with van der Waals surface area (Å²) in [4.78, 5) is 42.9. The fraction of sp³-hybridized carbons (Fsp3) is 0.400. The molecule has 0 N–H and O–H groups in total. The van der Waals surface area contributed by atoms with Crippen molar-refractivity contribution in [1.29, 1.82) is 0 Å². The molecule has 1 heterocycles. The van der Waals surface area contributed by atoms with Crippen molar-refractivity contribution in [3.05, 3.63) is 64.7 Å². The Bertz CT molecular complexity index is 981. The minimum absolute atomic E-state index is 0.00944. The highest BCUT2D eigenvalue weighted by molar-refractivity contribution is 6.31. The first-order chi connectivity index (χ1) is 15.0. The first-order valence-electron chi connectivity index (χ1n) is 11.0. The van der Waals surface area contributed by atoms with Crippen molar-refractivity contribution >= 4 is 35.0 Å². The minimum atomic E-state index is -0.778. The number of hydrogen-bond acceptors (Lipinski definition) is 3. The van der Waals surface area contributed by atoms with Gasteiger partial charge in [-0.25, -0.2) is 4.90 Å². The third-order valence-electron chi connectivity index (χ3n) is 6.26. The predicted molar refractivity (Wildman–Crippen MR) is 121 cm³/mol. The van der Waals surface area contributed by atoms with Crippen molar-refractivity contribution in [2.75, 3.05) is 4.90 Å². The van der Waals surface area contributed by atoms with Crippen molar-refractivity contribution < 1.29 is 14.4 Å². The topological polar surface area (TPSA) is 57.7 Å². The van der Waals surface area contributed by atoms with Gasteiger partial charge in [0.2, 0.25) is 5.91 Å². The van der Waals surface area contributed by atoms with Crippen LogP contribution in [0, 0.1) is 6.92 Å². The van der Waals surface area contributed by atoms with Crippen LogP contribution in [0.3, 0.4) is 0 Å². The predicted octanol–water partition coefficient (Wildman–Crippen LogP) is 5.15. The Labute approximate surface area is 188 Å². The van der Waals surface area contributed by atoms with E-state index in [4.69, 9.17) is 11.6 Å². The van der Waals surface area contributed by atoms with Crippen molar-refractivity contribution in [3.63, 3.8) is 0 Å². The molecule has 162 valence electrons. The zero-order chi connectivity index (χ0) is 22.0. The molecule has 3 amide bonds. The standard InChI is InChI=1S/C25H27ClN2O3/c1-17-7-6-8-18(15-17)24(30)27(20-9-4-2-3-5-10-20)22-16-23(29)28(25(22)31)21-13-11-19(26)12-14-21/h6-8,11-15,20,22H,2-5,9-10,16H2,1H3. The molecular formula is C25H27ClN2O3. The molecule has 1 aliphatic heterocycles. The molecule has 1 saturated carbocycles. The van der Waals surface area contributed by atoms with E-state index in [0.29, 0.717) is 16.3 Å². The molecule has 2 aliphatic rings. The molecule has 4 rings (SSSR count). The Kier molecular flexibility index (Phi) is 6.42. The molecule has 31 heavy (non-hydrogen) atoms. The summed E-state index contributed by atoms with van der Waals surface area (Å²) in [5, 5.41) is 0.536. The van der Waals surface area contributed by atoms with Crippen molar-refractivity contribution in [2.45, 2.75) is 64.0 Å². The van der Waals surface area contributed by atoms with Gasteiger partial charge < -0.3 is 4.90 Å². The number of carbonyl (C=O) groups is 3. The van der Waals surface area contributed by atoms with Gasteiger partial charge in [-0.3, -0.25) is 14.4 Å². The summed E-state index contributed by atoms with van der Waals surface area (Å²) < 4.78 is 0. The van der Waals surface area contributed by atoms with Crippen molar-refractivity contribution in [1.82, 2.24) is 4.90 Å². The Hall–Kier alpha value is -2.66. The maximum Gasteiger partial charge on any atom is 0.257 e. The lowest BCUT2D eigenvalue weighted by Gasteiger charge is -2.35. The second-order valence-electron chi connectivity index (χ2n) is 8.49. The molecule has 0 spiro atoms. The van der Waals surface area contributed by atoms with Gasteiger partial charge in [0.05, 0.1) is 12.1 Å². The quantitative estimate of drug-likeness (QED) is 0.490. The Morgan fingerprint density at radius 3 is 2.32 bits per heavy atom. The zero-order valence-electron chi connectivity index (χ0n) is 17.7. The minimum Gasteiger partial charge on any atom is -0.323 e. The van der Waals surface area contributed by atoms with Gasteiger partial charge in [0.1, 0.15) is 6.04 Å². The van der Waals surface area contributed by atoms with Crippen LogP contribution in [0.1, 0.15) is 60.9 Å². The average molecular weight is 439 g/mol. The number of halogens is 1. The average Bonchev–Trinajstić information content (AvgIpc) is 2.92. The number of hydrogen-bond donors (Lipinski definition) is 0. The van der Waals surface area contributed by atoms with Crippen LogP contribution in [0.4, 0.5) is 5.69 Å². The van der Waals surface area contributed by atoms with Gasteiger partial charge in [-0.15, -0.1) is 0 Å². The molecule has 0 aromatic heterocycles. The molecular weight excluding hydrogens is 412 g/mol. The van der Waals surface area contributed by atoms with Gasteiger partial charge in [-0.2, -0.15) is 0 Å². The van der Waals surface area contributed by atoms with Gasteiger partial charge in [-0.1, -0.05) is 55.0 Å². The summed E-state index contributed by atoms with van der Waals surface area (Å²) in [5.41, 5.74) is 2.04. The van der Waals surface area contributed by atoms with Crippen LogP contribution >= 0.6 is 11.6 Å². The second-order valence-corrected chi connectivity index (χ2v) is 8.93. The fourth-order valence-corrected chi connectivity index (χ4v) is 4.85. The lowest BCUT2D eigenvalue weighted by Crippen LogP contribution is -2.50. The summed E-state index contributed by atoms with van der Waals surface area (Å²) in [6.45, 7) is 1.94. The van der Waals surface area contributed by atoms with Gasteiger partial charge in [0.15, 0.2) is 0 Å². The van der Waals surface area contributed by atoms with Crippen LogP contribution in [0.2, 0.25) is 5.02 Å². The van der Waals surface area contributed by atoms with Gasteiger partial charge in [-0.05, 0) is 56.2 Å². The third kappa shape index (κ3) is 4.52. The monoisotopic (exact) mass is 438 g/mol. The molecule has 1 unspecified atom stereocenters. The van der Waals surface area contributed by atoms with E-state index >= 15 is 0 Å². The van der Waals surface area contributed by atoms with Crippen LogP contribution in [-0.4, -0.2) is 34.7 Å². The Morgan fingerprint density at radius 2 is 1.68 bits per heavy atom. The largest absolute Gasteiger partial charge is 0.323 e. The lowest BCUT2D eigenvalue weighted by molar-refractivity contribution is -0.123. The van der Waals surface area contributed by atoms with Crippen LogP contribution in [0.25, 0.3) is 0 Å². The van der Waals surface area contributed by atoms with E-state index in [1.165, 1.54) is 4.90 Å². The molecule has 1 aliphatic carbocycles. The molecule has 2 aromatic rings. The molecule has 2 aromatic carbocycles. The number of anilines is 1. The summed E-state index contributed by atoms with van der Waals surface area (Å²) in [6.07, 6.45) is 6.05. The van der Waals surface area contributed by atoms with E-state index in [-0.39, 0.29) is 30.2 Å². The maximum atomic E-state index is 13.7. The Balaban J connectivity index is 1.69. The van der Waals surface area contributed by atoms with Crippen molar-refractivity contribution in [2.24, 2.45) is 0 Å². The van der Waals surface area contributed by atoms with E-state index in [0.717, 1.165) is 44.1 Å². The molecule has 2 fully saturated rings. The van der Waals surface area contributed by atoms with Crippen LogP contribution < -0.4 is 4.90 Å². The highest BCUT2D eigenvalue weighted by Crippen LogP contribution is 2.32. The first-order valence-corrected chi connectivity index (χ1v) is 11.3. The van der Waals surface area contributed by atoms with E-state index in [1.807, 2.05) is 25.1 Å². The summed E-state index contributed by atoms with van der Waals surface area (Å²) in [7, 11) is 0. The molecule has 0 radical (unpaired) electrons. The molecule has 1 saturated heterocycles. The zero-order valence-corrected chi connectivity index (χ0v) is 18.5. The molecule has 6 heteroatoms. The van der Waals surface area contributed by atoms with Crippen LogP contribution in [0.15, 0.2) is 48.5 Å². The Morgan fingerprint density at radius 1 is 1.00 bits per heavy atom. The number of imide groups is 1.